The van der Waals surface area contributed by atoms with Crippen molar-refractivity contribution in [3.63, 3.8) is 0 Å². The molecule has 0 unspecified atom stereocenters. The molecule has 2 amide bonds. The van der Waals surface area contributed by atoms with Crippen LogP contribution in [0.25, 0.3) is 0 Å². The predicted molar refractivity (Wildman–Crippen MR) is 82.7 cm³/mol. The van der Waals surface area contributed by atoms with E-state index in [1.807, 2.05) is 6.07 Å². The van der Waals surface area contributed by atoms with E-state index < -0.39 is 0 Å². The van der Waals surface area contributed by atoms with Gasteiger partial charge in [-0.2, -0.15) is 0 Å². The average Bonchev–Trinajstić information content (AvgIpc) is 2.47. The van der Waals surface area contributed by atoms with Crippen LogP contribution >= 0.6 is 0 Å². The number of benzene rings is 2. The average molecular weight is 300 g/mol. The highest BCUT2D eigenvalue weighted by Crippen LogP contribution is 2.11. The molecule has 0 aliphatic heterocycles. The molecule has 5 heteroatoms. The summed E-state index contributed by atoms with van der Waals surface area (Å²) in [6.07, 6.45) is -0.00192. The summed E-state index contributed by atoms with van der Waals surface area (Å²) in [6, 6.07) is 13.4. The maximum absolute atomic E-state index is 13.5. The zero-order valence-corrected chi connectivity index (χ0v) is 12.2. The summed E-state index contributed by atoms with van der Waals surface area (Å²) in [5, 5.41) is 5.42. The van der Waals surface area contributed by atoms with Crippen molar-refractivity contribution >= 4 is 17.5 Å². The monoisotopic (exact) mass is 300 g/mol. The van der Waals surface area contributed by atoms with Crippen LogP contribution in [-0.4, -0.2) is 11.8 Å². The van der Waals surface area contributed by atoms with E-state index in [1.165, 1.54) is 13.0 Å². The SMILES string of the molecule is CC(=O)Nc1cccc(CNC(=O)Cc2ccccc2F)c1. The molecule has 0 aromatic heterocycles. The Morgan fingerprint density at radius 2 is 1.86 bits per heavy atom. The maximum Gasteiger partial charge on any atom is 0.224 e. The molecule has 0 heterocycles. The number of hydrogen-bond donors (Lipinski definition) is 2. The van der Waals surface area contributed by atoms with Crippen molar-refractivity contribution < 1.29 is 14.0 Å². The molecule has 2 aromatic rings. The highest BCUT2D eigenvalue weighted by Gasteiger charge is 2.07. The zero-order valence-electron chi connectivity index (χ0n) is 12.2. The minimum atomic E-state index is -0.384. The molecule has 0 saturated heterocycles. The number of halogens is 1. The number of carbonyl (C=O) groups excluding carboxylic acids is 2. The van der Waals surface area contributed by atoms with Crippen LogP contribution in [0.5, 0.6) is 0 Å². The maximum atomic E-state index is 13.5. The molecule has 0 atom stereocenters. The van der Waals surface area contributed by atoms with E-state index >= 15 is 0 Å². The molecule has 22 heavy (non-hydrogen) atoms. The number of nitrogens with one attached hydrogen (secondary N) is 2. The molecule has 0 aliphatic carbocycles. The number of anilines is 1. The van der Waals surface area contributed by atoms with Gasteiger partial charge in [0.2, 0.25) is 11.8 Å². The third kappa shape index (κ3) is 4.70. The Bertz CT molecular complexity index is 686. The Labute approximate surface area is 128 Å². The number of carbonyl (C=O) groups is 2. The molecule has 2 aromatic carbocycles. The summed E-state index contributed by atoms with van der Waals surface area (Å²) in [4.78, 5) is 22.9. The van der Waals surface area contributed by atoms with Crippen LogP contribution in [0.3, 0.4) is 0 Å². The van der Waals surface area contributed by atoms with Crippen molar-refractivity contribution in [3.8, 4) is 0 Å². The Kier molecular flexibility index (Phi) is 5.25. The lowest BCUT2D eigenvalue weighted by atomic mass is 10.1. The molecular weight excluding hydrogens is 283 g/mol. The topological polar surface area (TPSA) is 58.2 Å². The summed E-state index contributed by atoms with van der Waals surface area (Å²) in [5.41, 5.74) is 1.90. The standard InChI is InChI=1S/C17H17FN2O2/c1-12(21)20-15-7-4-5-13(9-15)11-19-17(22)10-14-6-2-3-8-16(14)18/h2-9H,10-11H2,1H3,(H,19,22)(H,20,21). The normalized spacial score (nSPS) is 10.1. The van der Waals surface area contributed by atoms with Crippen LogP contribution in [0, 0.1) is 5.82 Å². The first-order chi connectivity index (χ1) is 10.5. The predicted octanol–water partition coefficient (Wildman–Crippen LogP) is 2.64. The summed E-state index contributed by atoms with van der Waals surface area (Å²) in [5.74, 6) is -0.791. The second kappa shape index (κ2) is 7.36. The van der Waals surface area contributed by atoms with Crippen molar-refractivity contribution in [2.75, 3.05) is 5.32 Å². The minimum Gasteiger partial charge on any atom is -0.352 e. The minimum absolute atomic E-state index is 0.00192. The summed E-state index contributed by atoms with van der Waals surface area (Å²) in [6.45, 7) is 1.75. The highest BCUT2D eigenvalue weighted by molar-refractivity contribution is 5.88. The largest absolute Gasteiger partial charge is 0.352 e. The first-order valence-electron chi connectivity index (χ1n) is 6.91. The number of rotatable bonds is 5. The van der Waals surface area contributed by atoms with Crippen molar-refractivity contribution in [2.24, 2.45) is 0 Å². The zero-order chi connectivity index (χ0) is 15.9. The summed E-state index contributed by atoms with van der Waals surface area (Å²) >= 11 is 0. The van der Waals surface area contributed by atoms with Crippen LogP contribution < -0.4 is 10.6 Å². The second-order valence-corrected chi connectivity index (χ2v) is 4.93. The van der Waals surface area contributed by atoms with E-state index in [9.17, 15) is 14.0 Å². The van der Waals surface area contributed by atoms with Gasteiger partial charge in [0.05, 0.1) is 6.42 Å². The fraction of sp³-hybridized carbons (Fsp3) is 0.176. The van der Waals surface area contributed by atoms with Gasteiger partial charge in [0.25, 0.3) is 0 Å². The van der Waals surface area contributed by atoms with E-state index in [1.54, 1.807) is 36.4 Å². The van der Waals surface area contributed by atoms with Crippen LogP contribution in [0.1, 0.15) is 18.1 Å². The smallest absolute Gasteiger partial charge is 0.224 e. The molecule has 2 rings (SSSR count). The third-order valence-corrected chi connectivity index (χ3v) is 3.05. The first kappa shape index (κ1) is 15.7. The molecule has 0 fully saturated rings. The van der Waals surface area contributed by atoms with Gasteiger partial charge < -0.3 is 10.6 Å². The van der Waals surface area contributed by atoms with Crippen molar-refractivity contribution in [1.29, 1.82) is 0 Å². The third-order valence-electron chi connectivity index (χ3n) is 3.05. The van der Waals surface area contributed by atoms with Crippen molar-refractivity contribution in [3.05, 3.63) is 65.5 Å². The molecule has 0 bridgehead atoms. The van der Waals surface area contributed by atoms with Gasteiger partial charge in [-0.1, -0.05) is 30.3 Å². The second-order valence-electron chi connectivity index (χ2n) is 4.93. The van der Waals surface area contributed by atoms with Crippen molar-refractivity contribution in [1.82, 2.24) is 5.32 Å². The quantitative estimate of drug-likeness (QED) is 0.892. The van der Waals surface area contributed by atoms with Crippen LogP contribution in [0.15, 0.2) is 48.5 Å². The Morgan fingerprint density at radius 3 is 2.59 bits per heavy atom. The van der Waals surface area contributed by atoms with Crippen LogP contribution in [0.2, 0.25) is 0 Å². The van der Waals surface area contributed by atoms with Gasteiger partial charge in [0.15, 0.2) is 0 Å². The lowest BCUT2D eigenvalue weighted by Gasteiger charge is -2.08. The molecule has 114 valence electrons. The summed E-state index contributed by atoms with van der Waals surface area (Å²) in [7, 11) is 0. The van der Waals surface area contributed by atoms with Gasteiger partial charge in [-0.05, 0) is 29.3 Å². The Balaban J connectivity index is 1.91. The number of hydrogen-bond acceptors (Lipinski definition) is 2. The van der Waals surface area contributed by atoms with Crippen LogP contribution in [-0.2, 0) is 22.6 Å². The van der Waals surface area contributed by atoms with Gasteiger partial charge in [0.1, 0.15) is 5.82 Å². The van der Waals surface area contributed by atoms with E-state index in [-0.39, 0.29) is 24.1 Å². The lowest BCUT2D eigenvalue weighted by Crippen LogP contribution is -2.25. The fourth-order valence-corrected chi connectivity index (χ4v) is 2.04. The van der Waals surface area contributed by atoms with Gasteiger partial charge >= 0.3 is 0 Å². The highest BCUT2D eigenvalue weighted by atomic mass is 19.1. The van der Waals surface area contributed by atoms with Gasteiger partial charge in [-0.15, -0.1) is 0 Å². The summed E-state index contributed by atoms with van der Waals surface area (Å²) < 4.78 is 13.5. The number of amides is 2. The van der Waals surface area contributed by atoms with Gasteiger partial charge in [0, 0.05) is 19.2 Å². The van der Waals surface area contributed by atoms with E-state index in [0.29, 0.717) is 17.8 Å². The molecular formula is C17H17FN2O2. The Morgan fingerprint density at radius 1 is 1.09 bits per heavy atom. The molecule has 0 saturated carbocycles. The molecule has 2 N–H and O–H groups in total. The van der Waals surface area contributed by atoms with E-state index in [0.717, 1.165) is 5.56 Å². The Hall–Kier alpha value is -2.69. The molecule has 0 radical (unpaired) electrons. The lowest BCUT2D eigenvalue weighted by molar-refractivity contribution is -0.120. The fourth-order valence-electron chi connectivity index (χ4n) is 2.04. The molecule has 4 nitrogen and oxygen atoms in total. The van der Waals surface area contributed by atoms with E-state index in [2.05, 4.69) is 10.6 Å². The first-order valence-corrected chi connectivity index (χ1v) is 6.91. The van der Waals surface area contributed by atoms with Gasteiger partial charge in [-0.25, -0.2) is 4.39 Å². The van der Waals surface area contributed by atoms with Crippen LogP contribution in [0.4, 0.5) is 10.1 Å². The molecule has 0 spiro atoms. The van der Waals surface area contributed by atoms with Gasteiger partial charge in [-0.3, -0.25) is 9.59 Å². The molecule has 0 aliphatic rings. The van der Waals surface area contributed by atoms with Crippen molar-refractivity contribution in [2.45, 2.75) is 19.9 Å². The van der Waals surface area contributed by atoms with E-state index in [4.69, 9.17) is 0 Å².